The van der Waals surface area contributed by atoms with E-state index in [9.17, 15) is 9.18 Å². The minimum Gasteiger partial charge on any atom is -0.267 e. The number of imidazole rings is 1. The summed E-state index contributed by atoms with van der Waals surface area (Å²) in [5.74, 6) is -0.300. The van der Waals surface area contributed by atoms with Gasteiger partial charge in [0.1, 0.15) is 11.3 Å². The molecule has 1 aromatic carbocycles. The van der Waals surface area contributed by atoms with Crippen molar-refractivity contribution >= 4 is 33.5 Å². The molecule has 0 N–H and O–H groups in total. The lowest BCUT2D eigenvalue weighted by atomic mass is 10.2. The van der Waals surface area contributed by atoms with Gasteiger partial charge in [0, 0.05) is 6.20 Å². The van der Waals surface area contributed by atoms with Crippen LogP contribution in [0.4, 0.5) is 4.39 Å². The van der Waals surface area contributed by atoms with Crippen molar-refractivity contribution in [2.75, 3.05) is 0 Å². The molecular formula is C15H8FN3OS. The molecule has 102 valence electrons. The topological polar surface area (TPSA) is 47.3 Å². The van der Waals surface area contributed by atoms with Crippen molar-refractivity contribution < 1.29 is 4.39 Å². The van der Waals surface area contributed by atoms with Gasteiger partial charge in [0.15, 0.2) is 10.6 Å². The first-order chi connectivity index (χ1) is 10.2. The van der Waals surface area contributed by atoms with Gasteiger partial charge in [-0.25, -0.2) is 18.8 Å². The van der Waals surface area contributed by atoms with Crippen LogP contribution in [0.15, 0.2) is 47.4 Å². The second-order valence-corrected chi connectivity index (χ2v) is 5.55. The quantitative estimate of drug-likeness (QED) is 0.540. The number of pyridine rings is 1. The first kappa shape index (κ1) is 12.2. The molecule has 0 saturated heterocycles. The SMILES string of the molecule is O=c1/c(=C/c2ccc(F)cc2)sc2nc3cccnc3n12. The predicted molar refractivity (Wildman–Crippen MR) is 79.8 cm³/mol. The summed E-state index contributed by atoms with van der Waals surface area (Å²) in [5.41, 5.74) is 1.89. The van der Waals surface area contributed by atoms with E-state index in [1.807, 2.05) is 6.07 Å². The van der Waals surface area contributed by atoms with Gasteiger partial charge < -0.3 is 0 Å². The number of hydrogen-bond donors (Lipinski definition) is 0. The lowest BCUT2D eigenvalue weighted by molar-refractivity contribution is 0.628. The zero-order chi connectivity index (χ0) is 14.4. The Labute approximate surface area is 121 Å². The van der Waals surface area contributed by atoms with E-state index in [2.05, 4.69) is 9.97 Å². The molecule has 0 saturated carbocycles. The zero-order valence-corrected chi connectivity index (χ0v) is 11.5. The van der Waals surface area contributed by atoms with E-state index in [4.69, 9.17) is 0 Å². The van der Waals surface area contributed by atoms with Crippen LogP contribution in [0, 0.1) is 5.82 Å². The Morgan fingerprint density at radius 3 is 2.81 bits per heavy atom. The smallest absolute Gasteiger partial charge is 0.267 e. The third-order valence-corrected chi connectivity index (χ3v) is 4.14. The molecule has 3 aromatic heterocycles. The number of nitrogens with zero attached hydrogens (tertiary/aromatic N) is 3. The van der Waals surface area contributed by atoms with E-state index in [-0.39, 0.29) is 11.4 Å². The monoisotopic (exact) mass is 297 g/mol. The molecular weight excluding hydrogens is 289 g/mol. The highest BCUT2D eigenvalue weighted by Gasteiger charge is 2.11. The van der Waals surface area contributed by atoms with Gasteiger partial charge in [-0.1, -0.05) is 23.5 Å². The van der Waals surface area contributed by atoms with Crippen molar-refractivity contribution in [3.05, 3.63) is 68.9 Å². The molecule has 0 unspecified atom stereocenters. The first-order valence-electron chi connectivity index (χ1n) is 6.26. The fourth-order valence-electron chi connectivity index (χ4n) is 2.20. The van der Waals surface area contributed by atoms with Gasteiger partial charge in [-0.3, -0.25) is 4.79 Å². The summed E-state index contributed by atoms with van der Waals surface area (Å²) in [6.45, 7) is 0. The van der Waals surface area contributed by atoms with Crippen LogP contribution in [0.2, 0.25) is 0 Å². The largest absolute Gasteiger partial charge is 0.276 e. The number of halogens is 1. The van der Waals surface area contributed by atoms with Gasteiger partial charge in [-0.15, -0.1) is 0 Å². The highest BCUT2D eigenvalue weighted by Crippen LogP contribution is 2.13. The summed E-state index contributed by atoms with van der Waals surface area (Å²) in [6.07, 6.45) is 3.37. The molecule has 6 heteroatoms. The van der Waals surface area contributed by atoms with E-state index >= 15 is 0 Å². The molecule has 0 spiro atoms. The second-order valence-electron chi connectivity index (χ2n) is 4.54. The second kappa shape index (κ2) is 4.46. The molecule has 0 aliphatic carbocycles. The van der Waals surface area contributed by atoms with Crippen molar-refractivity contribution in [3.8, 4) is 0 Å². The molecule has 4 rings (SSSR count). The summed E-state index contributed by atoms with van der Waals surface area (Å²) in [7, 11) is 0. The molecule has 0 aliphatic rings. The van der Waals surface area contributed by atoms with E-state index in [0.717, 1.165) is 5.56 Å². The summed E-state index contributed by atoms with van der Waals surface area (Å²) in [5, 5.41) is 0. The summed E-state index contributed by atoms with van der Waals surface area (Å²) in [4.78, 5) is 21.7. The highest BCUT2D eigenvalue weighted by molar-refractivity contribution is 7.15. The molecule has 0 aliphatic heterocycles. The van der Waals surface area contributed by atoms with Crippen LogP contribution in [0.25, 0.3) is 22.2 Å². The van der Waals surface area contributed by atoms with Gasteiger partial charge in [0.25, 0.3) is 5.56 Å². The van der Waals surface area contributed by atoms with Crippen LogP contribution in [0.5, 0.6) is 0 Å². The summed E-state index contributed by atoms with van der Waals surface area (Å²) >= 11 is 1.30. The molecule has 0 radical (unpaired) electrons. The molecule has 0 amide bonds. The number of rotatable bonds is 1. The van der Waals surface area contributed by atoms with Gasteiger partial charge in [-0.05, 0) is 35.9 Å². The molecule has 0 atom stereocenters. The fraction of sp³-hybridized carbons (Fsp3) is 0. The number of fused-ring (bicyclic) bond motifs is 3. The molecule has 0 fully saturated rings. The molecule has 4 nitrogen and oxygen atoms in total. The molecule has 0 bridgehead atoms. The highest BCUT2D eigenvalue weighted by atomic mass is 32.1. The van der Waals surface area contributed by atoms with Crippen LogP contribution < -0.4 is 10.1 Å². The standard InChI is InChI=1S/C15H8FN3OS/c16-10-5-3-9(4-6-10)8-12-14(20)19-13-11(2-1-7-17-13)18-15(19)21-12/h1-8H/b12-8-. The van der Waals surface area contributed by atoms with Gasteiger partial charge in [0.05, 0.1) is 4.53 Å². The van der Waals surface area contributed by atoms with E-state index in [0.29, 0.717) is 20.7 Å². The average Bonchev–Trinajstić information content (AvgIpc) is 2.99. The van der Waals surface area contributed by atoms with Crippen molar-refractivity contribution in [1.82, 2.24) is 14.4 Å². The Morgan fingerprint density at radius 2 is 2.00 bits per heavy atom. The lowest BCUT2D eigenvalue weighted by Gasteiger charge is -1.90. The average molecular weight is 297 g/mol. The fourth-order valence-corrected chi connectivity index (χ4v) is 3.17. The van der Waals surface area contributed by atoms with Crippen molar-refractivity contribution in [1.29, 1.82) is 0 Å². The van der Waals surface area contributed by atoms with Crippen LogP contribution in [0.1, 0.15) is 5.56 Å². The lowest BCUT2D eigenvalue weighted by Crippen LogP contribution is -2.22. The minimum absolute atomic E-state index is 0.152. The normalized spacial score (nSPS) is 12.5. The number of benzene rings is 1. The first-order valence-corrected chi connectivity index (χ1v) is 7.07. The van der Waals surface area contributed by atoms with E-state index < -0.39 is 0 Å². The summed E-state index contributed by atoms with van der Waals surface area (Å²) in [6, 6.07) is 9.61. The van der Waals surface area contributed by atoms with E-state index in [1.54, 1.807) is 30.5 Å². The van der Waals surface area contributed by atoms with Crippen LogP contribution in [-0.4, -0.2) is 14.4 Å². The summed E-state index contributed by atoms with van der Waals surface area (Å²) < 4.78 is 15.0. The number of hydrogen-bond acceptors (Lipinski definition) is 4. The third kappa shape index (κ3) is 1.92. The maximum Gasteiger partial charge on any atom is 0.276 e. The Kier molecular flexibility index (Phi) is 2.58. The molecule has 21 heavy (non-hydrogen) atoms. The molecule has 3 heterocycles. The zero-order valence-electron chi connectivity index (χ0n) is 10.7. The van der Waals surface area contributed by atoms with Crippen molar-refractivity contribution in [2.24, 2.45) is 0 Å². The predicted octanol–water partition coefficient (Wildman–Crippen LogP) is 1.99. The Hall–Kier alpha value is -2.60. The third-order valence-electron chi connectivity index (χ3n) is 3.17. The van der Waals surface area contributed by atoms with Crippen LogP contribution >= 0.6 is 11.3 Å². The Morgan fingerprint density at radius 1 is 1.19 bits per heavy atom. The van der Waals surface area contributed by atoms with Crippen molar-refractivity contribution in [2.45, 2.75) is 0 Å². The Balaban J connectivity index is 2.00. The molecule has 4 aromatic rings. The van der Waals surface area contributed by atoms with E-state index in [1.165, 1.54) is 27.9 Å². The number of thiazole rings is 1. The van der Waals surface area contributed by atoms with Gasteiger partial charge in [0.2, 0.25) is 0 Å². The van der Waals surface area contributed by atoms with Crippen molar-refractivity contribution in [3.63, 3.8) is 0 Å². The van der Waals surface area contributed by atoms with Crippen LogP contribution in [-0.2, 0) is 0 Å². The maximum absolute atomic E-state index is 12.9. The van der Waals surface area contributed by atoms with Gasteiger partial charge >= 0.3 is 0 Å². The van der Waals surface area contributed by atoms with Gasteiger partial charge in [-0.2, -0.15) is 0 Å². The minimum atomic E-state index is -0.300. The Bertz CT molecular complexity index is 1070. The maximum atomic E-state index is 12.9. The number of aromatic nitrogens is 3. The van der Waals surface area contributed by atoms with Crippen LogP contribution in [0.3, 0.4) is 0 Å².